The van der Waals surface area contributed by atoms with Crippen LogP contribution in [0.25, 0.3) is 0 Å². The Morgan fingerprint density at radius 1 is 1.21 bits per heavy atom. The predicted molar refractivity (Wildman–Crippen MR) is 83.9 cm³/mol. The van der Waals surface area contributed by atoms with Gasteiger partial charge in [-0.05, 0) is 30.5 Å². The topological polar surface area (TPSA) is 32.3 Å². The second-order valence-corrected chi connectivity index (χ2v) is 6.54. The number of aliphatic hydroxyl groups is 1. The number of thioether (sulfide) groups is 1. The smallest absolute Gasteiger partial charge is 0.101 e. The molecule has 19 heavy (non-hydrogen) atoms. The lowest BCUT2D eigenvalue weighted by Gasteiger charge is -2.16. The fourth-order valence-electron chi connectivity index (χ4n) is 1.69. The van der Waals surface area contributed by atoms with Gasteiger partial charge in [0, 0.05) is 28.1 Å². The van der Waals surface area contributed by atoms with Gasteiger partial charge in [-0.3, -0.25) is 0 Å². The van der Waals surface area contributed by atoms with E-state index in [0.717, 1.165) is 10.6 Å². The van der Waals surface area contributed by atoms with Crippen molar-refractivity contribution in [1.82, 2.24) is 5.32 Å². The monoisotopic (exact) mass is 293 g/mol. The first kappa shape index (κ1) is 14.6. The summed E-state index contributed by atoms with van der Waals surface area (Å²) in [7, 11) is 0. The van der Waals surface area contributed by atoms with Gasteiger partial charge in [0.2, 0.25) is 0 Å². The minimum Gasteiger partial charge on any atom is -0.386 e. The highest BCUT2D eigenvalue weighted by Crippen LogP contribution is 2.19. The van der Waals surface area contributed by atoms with E-state index in [9.17, 15) is 5.11 Å². The summed E-state index contributed by atoms with van der Waals surface area (Å²) in [6, 6.07) is 14.7. The summed E-state index contributed by atoms with van der Waals surface area (Å²) in [5.74, 6) is 1.00. The molecular formula is C15H19NOS2. The Bertz CT molecular complexity index is 458. The molecule has 2 N–H and O–H groups in total. The number of benzene rings is 1. The first-order valence-electron chi connectivity index (χ1n) is 6.38. The van der Waals surface area contributed by atoms with E-state index in [-0.39, 0.29) is 0 Å². The second-order valence-electron chi connectivity index (χ2n) is 4.46. The molecule has 0 aliphatic rings. The molecule has 0 radical (unpaired) electrons. The van der Waals surface area contributed by atoms with Crippen LogP contribution >= 0.6 is 23.1 Å². The molecule has 0 spiro atoms. The van der Waals surface area contributed by atoms with Gasteiger partial charge in [0.15, 0.2) is 0 Å². The predicted octanol–water partition coefficient (Wildman–Crippen LogP) is 3.55. The van der Waals surface area contributed by atoms with E-state index < -0.39 is 6.10 Å². The van der Waals surface area contributed by atoms with Crippen LogP contribution in [0.3, 0.4) is 0 Å². The Kier molecular flexibility index (Phi) is 5.92. The van der Waals surface area contributed by atoms with Crippen molar-refractivity contribution in [2.45, 2.75) is 24.0 Å². The van der Waals surface area contributed by atoms with Crippen LogP contribution in [0.15, 0.2) is 52.7 Å². The Morgan fingerprint density at radius 2 is 2.00 bits per heavy atom. The molecule has 1 aromatic heterocycles. The lowest BCUT2D eigenvalue weighted by atomic mass is 10.2. The average molecular weight is 293 g/mol. The molecule has 2 aromatic rings. The zero-order valence-electron chi connectivity index (χ0n) is 11.0. The van der Waals surface area contributed by atoms with Crippen LogP contribution in [-0.4, -0.2) is 23.4 Å². The van der Waals surface area contributed by atoms with E-state index in [4.69, 9.17) is 0 Å². The molecule has 0 bridgehead atoms. The summed E-state index contributed by atoms with van der Waals surface area (Å²) >= 11 is 3.43. The third-order valence-corrected chi connectivity index (χ3v) is 5.02. The first-order valence-corrected chi connectivity index (χ1v) is 8.25. The van der Waals surface area contributed by atoms with Crippen molar-refractivity contribution in [2.75, 3.05) is 12.3 Å². The van der Waals surface area contributed by atoms with Gasteiger partial charge in [-0.15, -0.1) is 23.1 Å². The Balaban J connectivity index is 1.69. The van der Waals surface area contributed by atoms with Crippen LogP contribution in [0, 0.1) is 0 Å². The summed E-state index contributed by atoms with van der Waals surface area (Å²) in [4.78, 5) is 2.31. The summed E-state index contributed by atoms with van der Waals surface area (Å²) in [5, 5.41) is 15.4. The number of thiophene rings is 1. The van der Waals surface area contributed by atoms with Crippen molar-refractivity contribution in [3.05, 3.63) is 52.7 Å². The summed E-state index contributed by atoms with van der Waals surface area (Å²) in [6.07, 6.45) is -0.399. The van der Waals surface area contributed by atoms with E-state index in [2.05, 4.69) is 36.5 Å². The molecule has 1 aromatic carbocycles. The number of hydrogen-bond donors (Lipinski definition) is 2. The SMILES string of the molecule is CC(CSc1ccccc1)NCC(O)c1cccs1. The molecule has 2 atom stereocenters. The van der Waals surface area contributed by atoms with E-state index in [1.165, 1.54) is 4.90 Å². The molecule has 0 aliphatic carbocycles. The molecular weight excluding hydrogens is 274 g/mol. The zero-order chi connectivity index (χ0) is 13.5. The maximum atomic E-state index is 9.98. The second kappa shape index (κ2) is 7.70. The Hall–Kier alpha value is -0.810. The molecule has 0 aliphatic heterocycles. The van der Waals surface area contributed by atoms with E-state index in [0.29, 0.717) is 12.6 Å². The molecule has 0 fully saturated rings. The van der Waals surface area contributed by atoms with Crippen molar-refractivity contribution in [2.24, 2.45) is 0 Å². The molecule has 0 saturated heterocycles. The van der Waals surface area contributed by atoms with Gasteiger partial charge in [-0.1, -0.05) is 24.3 Å². The highest BCUT2D eigenvalue weighted by molar-refractivity contribution is 7.99. The molecule has 102 valence electrons. The molecule has 2 rings (SSSR count). The standard InChI is InChI=1S/C15H19NOS2/c1-12(11-19-13-6-3-2-4-7-13)16-10-14(17)15-8-5-9-18-15/h2-9,12,14,16-17H,10-11H2,1H3. The maximum absolute atomic E-state index is 9.98. The summed E-state index contributed by atoms with van der Waals surface area (Å²) in [5.41, 5.74) is 0. The van der Waals surface area contributed by atoms with Gasteiger partial charge in [-0.2, -0.15) is 0 Å². The number of nitrogens with one attached hydrogen (secondary N) is 1. The molecule has 0 amide bonds. The Morgan fingerprint density at radius 3 is 2.68 bits per heavy atom. The maximum Gasteiger partial charge on any atom is 0.101 e. The van der Waals surface area contributed by atoms with Crippen LogP contribution < -0.4 is 5.32 Å². The van der Waals surface area contributed by atoms with Crippen molar-refractivity contribution in [3.8, 4) is 0 Å². The van der Waals surface area contributed by atoms with Crippen molar-refractivity contribution in [1.29, 1.82) is 0 Å². The summed E-state index contributed by atoms with van der Waals surface area (Å²) < 4.78 is 0. The van der Waals surface area contributed by atoms with Crippen LogP contribution in [-0.2, 0) is 0 Å². The number of rotatable bonds is 7. The molecule has 2 nitrogen and oxygen atoms in total. The minimum atomic E-state index is -0.399. The van der Waals surface area contributed by atoms with Gasteiger partial charge in [-0.25, -0.2) is 0 Å². The number of hydrogen-bond acceptors (Lipinski definition) is 4. The number of aliphatic hydroxyl groups excluding tert-OH is 1. The quantitative estimate of drug-likeness (QED) is 0.766. The molecule has 1 heterocycles. The lowest BCUT2D eigenvalue weighted by molar-refractivity contribution is 0.175. The lowest BCUT2D eigenvalue weighted by Crippen LogP contribution is -2.31. The van der Waals surface area contributed by atoms with Crippen molar-refractivity contribution in [3.63, 3.8) is 0 Å². The molecule has 0 saturated carbocycles. The van der Waals surface area contributed by atoms with Crippen molar-refractivity contribution < 1.29 is 5.11 Å². The summed E-state index contributed by atoms with van der Waals surface area (Å²) in [6.45, 7) is 2.76. The van der Waals surface area contributed by atoms with E-state index >= 15 is 0 Å². The van der Waals surface area contributed by atoms with Gasteiger partial charge in [0.05, 0.1) is 0 Å². The zero-order valence-corrected chi connectivity index (χ0v) is 12.6. The van der Waals surface area contributed by atoms with Crippen LogP contribution in [0.4, 0.5) is 0 Å². The van der Waals surface area contributed by atoms with E-state index in [1.54, 1.807) is 11.3 Å². The largest absolute Gasteiger partial charge is 0.386 e. The normalized spacial score (nSPS) is 14.2. The van der Waals surface area contributed by atoms with Gasteiger partial charge < -0.3 is 10.4 Å². The van der Waals surface area contributed by atoms with Gasteiger partial charge in [0.1, 0.15) is 6.10 Å². The van der Waals surface area contributed by atoms with Crippen LogP contribution in [0.5, 0.6) is 0 Å². The molecule has 2 unspecified atom stereocenters. The first-order chi connectivity index (χ1) is 9.25. The third-order valence-electron chi connectivity index (χ3n) is 2.77. The fourth-order valence-corrected chi connectivity index (χ4v) is 3.31. The Labute approximate surface area is 122 Å². The highest BCUT2D eigenvalue weighted by atomic mass is 32.2. The van der Waals surface area contributed by atoms with Gasteiger partial charge >= 0.3 is 0 Å². The van der Waals surface area contributed by atoms with Crippen LogP contribution in [0.1, 0.15) is 17.9 Å². The highest BCUT2D eigenvalue weighted by Gasteiger charge is 2.10. The van der Waals surface area contributed by atoms with Crippen LogP contribution in [0.2, 0.25) is 0 Å². The average Bonchev–Trinajstić information content (AvgIpc) is 2.98. The van der Waals surface area contributed by atoms with E-state index in [1.807, 2.05) is 35.3 Å². The molecule has 4 heteroatoms. The fraction of sp³-hybridized carbons (Fsp3) is 0.333. The minimum absolute atomic E-state index is 0.375. The third kappa shape index (κ3) is 4.99. The van der Waals surface area contributed by atoms with Gasteiger partial charge in [0.25, 0.3) is 0 Å². The van der Waals surface area contributed by atoms with Crippen molar-refractivity contribution >= 4 is 23.1 Å².